The monoisotopic (exact) mass is 515 g/mol. The third-order valence-electron chi connectivity index (χ3n) is 4.68. The van der Waals surface area contributed by atoms with Crippen molar-refractivity contribution in [3.05, 3.63) is 87.1 Å². The van der Waals surface area contributed by atoms with E-state index in [1.807, 2.05) is 24.3 Å². The molecule has 0 saturated heterocycles. The van der Waals surface area contributed by atoms with Gasteiger partial charge in [0.25, 0.3) is 0 Å². The SMILES string of the molecule is COc1cc(CNn2c(-c3ccncc3)n[nH]c2=S)c(Br)cc1OCc1ccc(F)cc1. The highest BCUT2D eigenvalue weighted by molar-refractivity contribution is 9.10. The highest BCUT2D eigenvalue weighted by atomic mass is 79.9. The van der Waals surface area contributed by atoms with Crippen molar-refractivity contribution in [2.45, 2.75) is 13.2 Å². The molecule has 2 N–H and O–H groups in total. The van der Waals surface area contributed by atoms with Crippen molar-refractivity contribution in [2.75, 3.05) is 12.5 Å². The zero-order valence-electron chi connectivity index (χ0n) is 17.0. The number of ether oxygens (including phenoxy) is 2. The maximum Gasteiger partial charge on any atom is 0.214 e. The Labute approximate surface area is 197 Å². The maximum absolute atomic E-state index is 13.1. The first-order valence-electron chi connectivity index (χ1n) is 9.60. The number of nitrogens with one attached hydrogen (secondary N) is 2. The van der Waals surface area contributed by atoms with E-state index in [1.165, 1.54) is 12.1 Å². The number of halogens is 2. The molecule has 10 heteroatoms. The summed E-state index contributed by atoms with van der Waals surface area (Å²) in [7, 11) is 1.58. The molecular weight excluding hydrogens is 497 g/mol. The number of H-pyrrole nitrogens is 1. The van der Waals surface area contributed by atoms with Gasteiger partial charge in [-0.1, -0.05) is 28.1 Å². The highest BCUT2D eigenvalue weighted by Gasteiger charge is 2.13. The van der Waals surface area contributed by atoms with Gasteiger partial charge in [-0.05, 0) is 59.7 Å². The topological polar surface area (TPSA) is 77.0 Å². The molecule has 2 aromatic carbocycles. The summed E-state index contributed by atoms with van der Waals surface area (Å²) in [6, 6.07) is 13.6. The van der Waals surface area contributed by atoms with Gasteiger partial charge in [-0.2, -0.15) is 5.10 Å². The number of pyridine rings is 1. The van der Waals surface area contributed by atoms with Crippen LogP contribution in [0.2, 0.25) is 0 Å². The summed E-state index contributed by atoms with van der Waals surface area (Å²) in [5, 5.41) is 7.11. The molecule has 0 atom stereocenters. The molecule has 0 aliphatic rings. The molecule has 4 rings (SSSR count). The van der Waals surface area contributed by atoms with Gasteiger partial charge in [-0.15, -0.1) is 0 Å². The molecule has 0 saturated carbocycles. The summed E-state index contributed by atoms with van der Waals surface area (Å²) >= 11 is 8.97. The van der Waals surface area contributed by atoms with E-state index in [9.17, 15) is 4.39 Å². The van der Waals surface area contributed by atoms with Crippen LogP contribution >= 0.6 is 28.1 Å². The number of hydrogen-bond acceptors (Lipinski definition) is 6. The summed E-state index contributed by atoms with van der Waals surface area (Å²) in [5.74, 6) is 1.53. The average Bonchev–Trinajstić information content (AvgIpc) is 3.18. The molecule has 0 unspecified atom stereocenters. The van der Waals surface area contributed by atoms with E-state index >= 15 is 0 Å². The Morgan fingerprint density at radius 3 is 2.59 bits per heavy atom. The molecule has 32 heavy (non-hydrogen) atoms. The molecule has 0 aliphatic carbocycles. The molecule has 0 spiro atoms. The standard InChI is InChI=1S/C22H19BrFN5O2S/c1-30-19-10-16(18(23)11-20(19)31-13-14-2-4-17(24)5-3-14)12-26-29-21(27-28-22(29)32)15-6-8-25-9-7-15/h2-11,26H,12-13H2,1H3,(H,28,32). The van der Waals surface area contributed by atoms with Crippen LogP contribution in [0.3, 0.4) is 0 Å². The Kier molecular flexibility index (Phi) is 6.81. The molecular formula is C22H19BrFN5O2S. The Morgan fingerprint density at radius 2 is 1.88 bits per heavy atom. The number of aromatic nitrogens is 4. The van der Waals surface area contributed by atoms with Crippen molar-refractivity contribution in [3.63, 3.8) is 0 Å². The van der Waals surface area contributed by atoms with E-state index in [0.717, 1.165) is 21.2 Å². The van der Waals surface area contributed by atoms with Crippen LogP contribution in [0.4, 0.5) is 4.39 Å². The number of rotatable bonds is 8. The Balaban J connectivity index is 1.51. The minimum Gasteiger partial charge on any atom is -0.493 e. The van der Waals surface area contributed by atoms with Gasteiger partial charge in [-0.3, -0.25) is 4.98 Å². The second kappa shape index (κ2) is 9.92. The van der Waals surface area contributed by atoms with Crippen LogP contribution in [0.25, 0.3) is 11.4 Å². The number of nitrogens with zero attached hydrogens (tertiary/aromatic N) is 3. The first kappa shape index (κ1) is 22.0. The summed E-state index contributed by atoms with van der Waals surface area (Å²) in [6.07, 6.45) is 3.40. The lowest BCUT2D eigenvalue weighted by atomic mass is 10.2. The van der Waals surface area contributed by atoms with Crippen LogP contribution in [-0.2, 0) is 13.2 Å². The van der Waals surface area contributed by atoms with Gasteiger partial charge >= 0.3 is 0 Å². The Morgan fingerprint density at radius 1 is 1.12 bits per heavy atom. The molecule has 0 bridgehead atoms. The lowest BCUT2D eigenvalue weighted by Crippen LogP contribution is -2.16. The van der Waals surface area contributed by atoms with Gasteiger partial charge in [0.1, 0.15) is 12.4 Å². The summed E-state index contributed by atoms with van der Waals surface area (Å²) < 4.78 is 27.5. The van der Waals surface area contributed by atoms with Crippen LogP contribution in [0.5, 0.6) is 11.5 Å². The molecule has 2 aromatic heterocycles. The van der Waals surface area contributed by atoms with Crippen LogP contribution in [0.1, 0.15) is 11.1 Å². The van der Waals surface area contributed by atoms with Crippen molar-refractivity contribution in [3.8, 4) is 22.9 Å². The van der Waals surface area contributed by atoms with Gasteiger partial charge in [0.2, 0.25) is 4.77 Å². The number of hydrogen-bond donors (Lipinski definition) is 2. The van der Waals surface area contributed by atoms with E-state index < -0.39 is 0 Å². The zero-order chi connectivity index (χ0) is 22.5. The van der Waals surface area contributed by atoms with E-state index in [1.54, 1.807) is 36.3 Å². The fourth-order valence-electron chi connectivity index (χ4n) is 3.03. The second-order valence-electron chi connectivity index (χ2n) is 6.77. The molecule has 0 aliphatic heterocycles. The Hall–Kier alpha value is -3.24. The van der Waals surface area contributed by atoms with Gasteiger partial charge in [0, 0.05) is 22.4 Å². The third kappa shape index (κ3) is 4.97. The largest absolute Gasteiger partial charge is 0.493 e. The molecule has 0 fully saturated rings. The first-order chi connectivity index (χ1) is 15.5. The summed E-state index contributed by atoms with van der Waals surface area (Å²) in [6.45, 7) is 0.737. The quantitative estimate of drug-likeness (QED) is 0.312. The average molecular weight is 516 g/mol. The fraction of sp³-hybridized carbons (Fsp3) is 0.136. The van der Waals surface area contributed by atoms with E-state index in [4.69, 9.17) is 21.7 Å². The highest BCUT2D eigenvalue weighted by Crippen LogP contribution is 2.34. The second-order valence-corrected chi connectivity index (χ2v) is 8.01. The van der Waals surface area contributed by atoms with Crippen LogP contribution in [-0.4, -0.2) is 27.0 Å². The molecule has 4 aromatic rings. The molecule has 0 amide bonds. The minimum atomic E-state index is -0.282. The third-order valence-corrected chi connectivity index (χ3v) is 5.69. The van der Waals surface area contributed by atoms with Gasteiger partial charge in [0.05, 0.1) is 13.7 Å². The van der Waals surface area contributed by atoms with Crippen LogP contribution in [0.15, 0.2) is 65.4 Å². The predicted octanol–water partition coefficient (Wildman–Crippen LogP) is 5.24. The van der Waals surface area contributed by atoms with Crippen molar-refractivity contribution < 1.29 is 13.9 Å². The summed E-state index contributed by atoms with van der Waals surface area (Å²) in [4.78, 5) is 4.04. The normalized spacial score (nSPS) is 10.7. The Bertz CT molecular complexity index is 1260. The fourth-order valence-corrected chi connectivity index (χ4v) is 3.69. The van der Waals surface area contributed by atoms with Gasteiger partial charge < -0.3 is 14.9 Å². The van der Waals surface area contributed by atoms with Crippen molar-refractivity contribution in [2.24, 2.45) is 0 Å². The number of methoxy groups -OCH3 is 1. The maximum atomic E-state index is 13.1. The molecule has 7 nitrogen and oxygen atoms in total. The summed E-state index contributed by atoms with van der Waals surface area (Å²) in [5.41, 5.74) is 5.95. The molecule has 0 radical (unpaired) electrons. The van der Waals surface area contributed by atoms with Gasteiger partial charge in [-0.25, -0.2) is 14.2 Å². The van der Waals surface area contributed by atoms with E-state index in [0.29, 0.717) is 35.2 Å². The number of benzene rings is 2. The lowest BCUT2D eigenvalue weighted by molar-refractivity contribution is 0.284. The van der Waals surface area contributed by atoms with Crippen LogP contribution < -0.4 is 14.9 Å². The lowest BCUT2D eigenvalue weighted by Gasteiger charge is -2.15. The minimum absolute atomic E-state index is 0.282. The smallest absolute Gasteiger partial charge is 0.214 e. The van der Waals surface area contributed by atoms with Crippen molar-refractivity contribution in [1.29, 1.82) is 0 Å². The molecule has 164 valence electrons. The van der Waals surface area contributed by atoms with E-state index in [2.05, 4.69) is 36.5 Å². The van der Waals surface area contributed by atoms with Crippen LogP contribution in [0, 0.1) is 10.6 Å². The predicted molar refractivity (Wildman–Crippen MR) is 125 cm³/mol. The number of aromatic amines is 1. The van der Waals surface area contributed by atoms with Crippen molar-refractivity contribution >= 4 is 28.1 Å². The first-order valence-corrected chi connectivity index (χ1v) is 10.8. The van der Waals surface area contributed by atoms with Gasteiger partial charge in [0.15, 0.2) is 17.3 Å². The zero-order valence-corrected chi connectivity index (χ0v) is 19.4. The molecule has 2 heterocycles. The van der Waals surface area contributed by atoms with Crippen molar-refractivity contribution in [1.82, 2.24) is 19.9 Å². The van der Waals surface area contributed by atoms with E-state index in [-0.39, 0.29) is 5.82 Å².